The van der Waals surface area contributed by atoms with Crippen molar-refractivity contribution in [2.75, 3.05) is 11.5 Å². The summed E-state index contributed by atoms with van der Waals surface area (Å²) >= 11 is 1.43. The van der Waals surface area contributed by atoms with Crippen LogP contribution in [0.1, 0.15) is 23.6 Å². The first kappa shape index (κ1) is 17.4. The van der Waals surface area contributed by atoms with Crippen molar-refractivity contribution in [3.63, 3.8) is 0 Å². The van der Waals surface area contributed by atoms with Crippen molar-refractivity contribution in [3.8, 4) is 0 Å². The number of hydrogen-bond acceptors (Lipinski definition) is 7. The largest absolute Gasteiger partial charge is 0.468 e. The Morgan fingerprint density at radius 2 is 2.27 bits per heavy atom. The Labute approximate surface area is 154 Å². The Morgan fingerprint density at radius 3 is 2.96 bits per heavy atom. The lowest BCUT2D eigenvalue weighted by molar-refractivity contribution is 0.177. The quantitative estimate of drug-likeness (QED) is 0.658. The van der Waals surface area contributed by atoms with Gasteiger partial charge in [-0.3, -0.25) is 14.1 Å². The highest BCUT2D eigenvalue weighted by Crippen LogP contribution is 2.22. The zero-order valence-electron chi connectivity index (χ0n) is 14.3. The highest BCUT2D eigenvalue weighted by atomic mass is 32.2. The predicted molar refractivity (Wildman–Crippen MR) is 99.1 cm³/mol. The van der Waals surface area contributed by atoms with Crippen molar-refractivity contribution in [1.82, 2.24) is 14.3 Å². The summed E-state index contributed by atoms with van der Waals surface area (Å²) in [5.74, 6) is 1.09. The van der Waals surface area contributed by atoms with Gasteiger partial charge in [-0.15, -0.1) is 11.3 Å². The van der Waals surface area contributed by atoms with Gasteiger partial charge in [-0.2, -0.15) is 0 Å². The molecular formula is C17H19N3O4S2. The van der Waals surface area contributed by atoms with Crippen molar-refractivity contribution in [2.45, 2.75) is 32.5 Å². The number of aryl methyl sites for hydroxylation is 1. The van der Waals surface area contributed by atoms with E-state index in [-0.39, 0.29) is 23.1 Å². The third-order valence-electron chi connectivity index (χ3n) is 4.66. The van der Waals surface area contributed by atoms with Gasteiger partial charge in [-0.05, 0) is 25.5 Å². The van der Waals surface area contributed by atoms with E-state index in [1.54, 1.807) is 10.7 Å². The Balaban J connectivity index is 1.65. The van der Waals surface area contributed by atoms with Crippen molar-refractivity contribution in [3.05, 3.63) is 57.3 Å². The Kier molecular flexibility index (Phi) is 4.45. The van der Waals surface area contributed by atoms with E-state index < -0.39 is 9.84 Å². The van der Waals surface area contributed by atoms with Gasteiger partial charge in [0.1, 0.15) is 5.76 Å². The second-order valence-corrected chi connectivity index (χ2v) is 9.69. The number of aromatic nitrogens is 2. The molecule has 0 unspecified atom stereocenters. The van der Waals surface area contributed by atoms with Gasteiger partial charge in [0, 0.05) is 29.7 Å². The molecule has 0 bridgehead atoms. The average molecular weight is 393 g/mol. The molecule has 1 aliphatic rings. The number of rotatable bonds is 5. The minimum atomic E-state index is -3.01. The molecule has 1 aliphatic heterocycles. The predicted octanol–water partition coefficient (Wildman–Crippen LogP) is 1.85. The number of furan rings is 1. The summed E-state index contributed by atoms with van der Waals surface area (Å²) in [4.78, 5) is 19.7. The molecule has 0 aromatic carbocycles. The molecule has 0 N–H and O–H groups in total. The summed E-state index contributed by atoms with van der Waals surface area (Å²) in [6.45, 7) is 2.76. The zero-order chi connectivity index (χ0) is 18.3. The number of fused-ring (bicyclic) bond motifs is 1. The lowest BCUT2D eigenvalue weighted by Gasteiger charge is -2.26. The first-order chi connectivity index (χ1) is 12.4. The topological polar surface area (TPSA) is 84.9 Å². The number of hydrogen-bond donors (Lipinski definition) is 0. The van der Waals surface area contributed by atoms with Crippen LogP contribution in [-0.4, -0.2) is 40.2 Å². The molecule has 26 heavy (non-hydrogen) atoms. The van der Waals surface area contributed by atoms with E-state index in [0.29, 0.717) is 30.2 Å². The van der Waals surface area contributed by atoms with Gasteiger partial charge in [-0.25, -0.2) is 13.4 Å². The van der Waals surface area contributed by atoms with Crippen LogP contribution in [0.2, 0.25) is 0 Å². The fraction of sp³-hybridized carbons (Fsp3) is 0.412. The maximum Gasteiger partial charge on any atom is 0.259 e. The van der Waals surface area contributed by atoms with Crippen LogP contribution in [0, 0.1) is 6.92 Å². The van der Waals surface area contributed by atoms with Crippen LogP contribution in [0.15, 0.2) is 39.1 Å². The molecular weight excluding hydrogens is 374 g/mol. The van der Waals surface area contributed by atoms with Crippen LogP contribution < -0.4 is 5.56 Å². The minimum absolute atomic E-state index is 0.101. The monoisotopic (exact) mass is 393 g/mol. The van der Waals surface area contributed by atoms with Gasteiger partial charge in [0.2, 0.25) is 0 Å². The molecule has 4 rings (SSSR count). The van der Waals surface area contributed by atoms with Crippen molar-refractivity contribution >= 4 is 26.1 Å². The molecule has 0 aliphatic carbocycles. The van der Waals surface area contributed by atoms with Gasteiger partial charge < -0.3 is 4.42 Å². The van der Waals surface area contributed by atoms with Crippen LogP contribution in [0.4, 0.5) is 0 Å². The number of thiazole rings is 1. The van der Waals surface area contributed by atoms with Crippen LogP contribution in [-0.2, 0) is 22.9 Å². The molecule has 1 saturated heterocycles. The van der Waals surface area contributed by atoms with E-state index in [9.17, 15) is 13.2 Å². The maximum atomic E-state index is 12.4. The first-order valence-electron chi connectivity index (χ1n) is 8.35. The molecule has 1 atom stereocenters. The van der Waals surface area contributed by atoms with E-state index in [2.05, 4.69) is 4.98 Å². The van der Waals surface area contributed by atoms with E-state index in [4.69, 9.17) is 4.42 Å². The third kappa shape index (κ3) is 3.46. The minimum Gasteiger partial charge on any atom is -0.468 e. The summed E-state index contributed by atoms with van der Waals surface area (Å²) in [6, 6.07) is 5.11. The molecule has 9 heteroatoms. The molecule has 0 saturated carbocycles. The van der Waals surface area contributed by atoms with E-state index in [1.807, 2.05) is 29.3 Å². The summed E-state index contributed by atoms with van der Waals surface area (Å²) < 4.78 is 30.9. The Hall–Kier alpha value is -1.97. The molecule has 3 aromatic rings. The van der Waals surface area contributed by atoms with E-state index in [1.165, 1.54) is 17.4 Å². The highest BCUT2D eigenvalue weighted by molar-refractivity contribution is 7.91. The molecule has 1 fully saturated rings. The second kappa shape index (κ2) is 6.64. The van der Waals surface area contributed by atoms with Gasteiger partial charge in [0.25, 0.3) is 5.56 Å². The van der Waals surface area contributed by atoms with Crippen molar-refractivity contribution in [1.29, 1.82) is 0 Å². The third-order valence-corrected chi connectivity index (χ3v) is 7.35. The summed E-state index contributed by atoms with van der Waals surface area (Å²) in [7, 11) is -3.01. The fourth-order valence-corrected chi connectivity index (χ4v) is 6.02. The van der Waals surface area contributed by atoms with E-state index in [0.717, 1.165) is 11.5 Å². The fourth-order valence-electron chi connectivity index (χ4n) is 3.37. The van der Waals surface area contributed by atoms with Crippen LogP contribution in [0.3, 0.4) is 0 Å². The van der Waals surface area contributed by atoms with Crippen LogP contribution >= 0.6 is 11.3 Å². The van der Waals surface area contributed by atoms with Crippen molar-refractivity contribution < 1.29 is 12.8 Å². The molecule has 7 nitrogen and oxygen atoms in total. The van der Waals surface area contributed by atoms with E-state index >= 15 is 0 Å². The number of nitrogens with zero attached hydrogens (tertiary/aromatic N) is 3. The maximum absolute atomic E-state index is 12.4. The molecule has 3 aromatic heterocycles. The van der Waals surface area contributed by atoms with Gasteiger partial charge in [0.15, 0.2) is 14.8 Å². The SMILES string of the molecule is Cc1csc2nc(CN(Cc3ccco3)[C@H]3CCS(=O)(=O)C3)cc(=O)n12. The first-order valence-corrected chi connectivity index (χ1v) is 11.0. The smallest absolute Gasteiger partial charge is 0.259 e. The summed E-state index contributed by atoms with van der Waals surface area (Å²) in [5.41, 5.74) is 1.40. The zero-order valence-corrected chi connectivity index (χ0v) is 15.9. The van der Waals surface area contributed by atoms with Gasteiger partial charge in [-0.1, -0.05) is 0 Å². The Morgan fingerprint density at radius 1 is 1.42 bits per heavy atom. The van der Waals surface area contributed by atoms with Crippen LogP contribution in [0.5, 0.6) is 0 Å². The van der Waals surface area contributed by atoms with Crippen molar-refractivity contribution in [2.24, 2.45) is 0 Å². The number of sulfone groups is 1. The Bertz CT molecular complexity index is 1080. The molecule has 138 valence electrons. The van der Waals surface area contributed by atoms with Gasteiger partial charge >= 0.3 is 0 Å². The highest BCUT2D eigenvalue weighted by Gasteiger charge is 2.33. The molecule has 0 amide bonds. The average Bonchev–Trinajstić information content (AvgIpc) is 3.28. The lowest BCUT2D eigenvalue weighted by Crippen LogP contribution is -2.36. The molecule has 0 spiro atoms. The van der Waals surface area contributed by atoms with Gasteiger partial charge in [0.05, 0.1) is 30.0 Å². The molecule has 0 radical (unpaired) electrons. The second-order valence-electron chi connectivity index (χ2n) is 6.62. The normalized spacial score (nSPS) is 19.5. The standard InChI is InChI=1S/C17H19N3O4S2/c1-12-10-25-17-18-13(7-16(21)20(12)17)8-19(9-15-3-2-5-24-15)14-4-6-26(22,23)11-14/h2-3,5,7,10,14H,4,6,8-9,11H2,1H3/t14-/m0/s1. The van der Waals surface area contributed by atoms with Crippen LogP contribution in [0.25, 0.3) is 4.96 Å². The lowest BCUT2D eigenvalue weighted by atomic mass is 10.2. The summed E-state index contributed by atoms with van der Waals surface area (Å²) in [6.07, 6.45) is 2.19. The molecule has 4 heterocycles. The summed E-state index contributed by atoms with van der Waals surface area (Å²) in [5, 5.41) is 1.90.